The maximum Gasteiger partial charge on any atom is 0.307 e. The van der Waals surface area contributed by atoms with E-state index in [1.807, 2.05) is 0 Å². The normalized spacial score (nSPS) is 12.7. The molecule has 0 radical (unpaired) electrons. The smallest absolute Gasteiger partial charge is 0.307 e. The Morgan fingerprint density at radius 1 is 1.00 bits per heavy atom. The number of carboxylic acids is 2. The Balaban J connectivity index is 3.55. The highest BCUT2D eigenvalue weighted by molar-refractivity contribution is 5.77. The van der Waals surface area contributed by atoms with Crippen LogP contribution in [0.4, 0.5) is 0 Å². The summed E-state index contributed by atoms with van der Waals surface area (Å²) in [6.45, 7) is 2.15. The van der Waals surface area contributed by atoms with Crippen LogP contribution in [0, 0.1) is 5.92 Å². The average molecular weight is 270 g/mol. The second-order valence-electron chi connectivity index (χ2n) is 4.88. The van der Waals surface area contributed by atoms with Gasteiger partial charge in [0.2, 0.25) is 0 Å². The monoisotopic (exact) mass is 270 g/mol. The second kappa shape index (κ2) is 11.8. The van der Waals surface area contributed by atoms with Gasteiger partial charge in [0, 0.05) is 0 Å². The van der Waals surface area contributed by atoms with Crippen LogP contribution in [0.5, 0.6) is 0 Å². The van der Waals surface area contributed by atoms with Crippen LogP contribution in [0.25, 0.3) is 0 Å². The quantitative estimate of drug-likeness (QED) is 0.417. The van der Waals surface area contributed by atoms with Crippen molar-refractivity contribution in [3.8, 4) is 0 Å². The van der Waals surface area contributed by atoms with Gasteiger partial charge >= 0.3 is 11.9 Å². The molecule has 0 aliphatic carbocycles. The van der Waals surface area contributed by atoms with E-state index >= 15 is 0 Å². The molecule has 1 unspecified atom stereocenters. The van der Waals surface area contributed by atoms with E-state index in [1.165, 1.54) is 6.42 Å². The molecule has 0 bridgehead atoms. The van der Waals surface area contributed by atoms with Gasteiger partial charge in [-0.05, 0) is 25.7 Å². The number of allylic oxidation sites excluding steroid dienone is 2. The van der Waals surface area contributed by atoms with Gasteiger partial charge in [0.25, 0.3) is 0 Å². The molecule has 0 fully saturated rings. The summed E-state index contributed by atoms with van der Waals surface area (Å²) in [7, 11) is 0. The zero-order chi connectivity index (χ0) is 14.5. The van der Waals surface area contributed by atoms with Crippen molar-refractivity contribution in [2.24, 2.45) is 5.92 Å². The molecule has 0 aliphatic rings. The lowest BCUT2D eigenvalue weighted by atomic mass is 9.97. The molecule has 0 aromatic carbocycles. The first-order valence-electron chi connectivity index (χ1n) is 7.17. The first kappa shape index (κ1) is 17.7. The lowest BCUT2D eigenvalue weighted by Gasteiger charge is -2.09. The van der Waals surface area contributed by atoms with Crippen molar-refractivity contribution in [3.05, 3.63) is 12.2 Å². The van der Waals surface area contributed by atoms with Crippen LogP contribution in [0.15, 0.2) is 12.2 Å². The minimum atomic E-state index is -1.03. The number of aliphatic carboxylic acids is 2. The summed E-state index contributed by atoms with van der Waals surface area (Å²) in [5.41, 5.74) is 0. The SMILES string of the molecule is CCC/C=C/CCCCCCC(CC(=O)O)C(=O)O. The lowest BCUT2D eigenvalue weighted by molar-refractivity contribution is -0.148. The molecule has 0 rings (SSSR count). The summed E-state index contributed by atoms with van der Waals surface area (Å²) in [4.78, 5) is 21.3. The van der Waals surface area contributed by atoms with Crippen molar-refractivity contribution < 1.29 is 19.8 Å². The van der Waals surface area contributed by atoms with Crippen molar-refractivity contribution in [3.63, 3.8) is 0 Å². The highest BCUT2D eigenvalue weighted by atomic mass is 16.4. The van der Waals surface area contributed by atoms with Gasteiger partial charge in [0.05, 0.1) is 12.3 Å². The molecule has 0 aromatic rings. The molecule has 4 heteroatoms. The minimum absolute atomic E-state index is 0.269. The van der Waals surface area contributed by atoms with E-state index in [0.29, 0.717) is 6.42 Å². The summed E-state index contributed by atoms with van der Waals surface area (Å²) >= 11 is 0. The molecule has 0 aliphatic heterocycles. The van der Waals surface area contributed by atoms with Crippen molar-refractivity contribution in [2.45, 2.75) is 64.7 Å². The summed E-state index contributed by atoms with van der Waals surface area (Å²) in [5.74, 6) is -2.76. The fourth-order valence-electron chi connectivity index (χ4n) is 1.93. The maximum absolute atomic E-state index is 10.8. The Morgan fingerprint density at radius 3 is 2.21 bits per heavy atom. The van der Waals surface area contributed by atoms with Crippen LogP contribution in [0.2, 0.25) is 0 Å². The molecule has 0 saturated carbocycles. The van der Waals surface area contributed by atoms with Crippen LogP contribution < -0.4 is 0 Å². The molecule has 1 atom stereocenters. The fourth-order valence-corrected chi connectivity index (χ4v) is 1.93. The van der Waals surface area contributed by atoms with E-state index in [0.717, 1.165) is 38.5 Å². The van der Waals surface area contributed by atoms with Gasteiger partial charge in [-0.2, -0.15) is 0 Å². The van der Waals surface area contributed by atoms with E-state index in [2.05, 4.69) is 19.1 Å². The van der Waals surface area contributed by atoms with Gasteiger partial charge in [-0.1, -0.05) is 44.8 Å². The summed E-state index contributed by atoms with van der Waals surface area (Å²) in [6, 6.07) is 0. The third kappa shape index (κ3) is 11.5. The highest BCUT2D eigenvalue weighted by Gasteiger charge is 2.19. The Hall–Kier alpha value is -1.32. The first-order chi connectivity index (χ1) is 9.07. The van der Waals surface area contributed by atoms with Crippen molar-refractivity contribution in [1.82, 2.24) is 0 Å². The Morgan fingerprint density at radius 2 is 1.63 bits per heavy atom. The molecule has 0 aromatic heterocycles. The number of rotatable bonds is 12. The van der Waals surface area contributed by atoms with E-state index in [4.69, 9.17) is 10.2 Å². The highest BCUT2D eigenvalue weighted by Crippen LogP contribution is 2.15. The van der Waals surface area contributed by atoms with Gasteiger partial charge < -0.3 is 10.2 Å². The average Bonchev–Trinajstić information content (AvgIpc) is 2.34. The lowest BCUT2D eigenvalue weighted by Crippen LogP contribution is -2.17. The van der Waals surface area contributed by atoms with E-state index in [1.54, 1.807) is 0 Å². The van der Waals surface area contributed by atoms with Gasteiger partial charge in [0.1, 0.15) is 0 Å². The first-order valence-corrected chi connectivity index (χ1v) is 7.17. The topological polar surface area (TPSA) is 74.6 Å². The maximum atomic E-state index is 10.8. The molecule has 0 amide bonds. The zero-order valence-electron chi connectivity index (χ0n) is 11.8. The molecule has 4 nitrogen and oxygen atoms in total. The zero-order valence-corrected chi connectivity index (χ0v) is 11.8. The Kier molecular flexibility index (Phi) is 10.9. The standard InChI is InChI=1S/C15H26O4/c1-2-3-4-5-6-7-8-9-10-11-13(15(18)19)12-14(16)17/h4-5,13H,2-3,6-12H2,1H3,(H,16,17)(H,18,19)/b5-4+. The largest absolute Gasteiger partial charge is 0.481 e. The van der Waals surface area contributed by atoms with Gasteiger partial charge in [-0.3, -0.25) is 9.59 Å². The molecule has 2 N–H and O–H groups in total. The van der Waals surface area contributed by atoms with Crippen LogP contribution in [0.3, 0.4) is 0 Å². The Labute approximate surface area is 115 Å². The van der Waals surface area contributed by atoms with Gasteiger partial charge in [0.15, 0.2) is 0 Å². The number of carbonyl (C=O) groups is 2. The van der Waals surface area contributed by atoms with E-state index < -0.39 is 17.9 Å². The predicted octanol–water partition coefficient (Wildman–Crippen LogP) is 3.86. The molecular weight excluding hydrogens is 244 g/mol. The number of carboxylic acid groups (broad SMARTS) is 2. The number of hydrogen-bond donors (Lipinski definition) is 2. The summed E-state index contributed by atoms with van der Waals surface area (Å²) < 4.78 is 0. The van der Waals surface area contributed by atoms with Gasteiger partial charge in [-0.25, -0.2) is 0 Å². The van der Waals surface area contributed by atoms with Crippen molar-refractivity contribution >= 4 is 11.9 Å². The van der Waals surface area contributed by atoms with Crippen molar-refractivity contribution in [2.75, 3.05) is 0 Å². The molecular formula is C15H26O4. The molecule has 19 heavy (non-hydrogen) atoms. The van der Waals surface area contributed by atoms with Crippen LogP contribution in [-0.2, 0) is 9.59 Å². The third-order valence-corrected chi connectivity index (χ3v) is 3.07. The number of hydrogen-bond acceptors (Lipinski definition) is 2. The molecule has 110 valence electrons. The van der Waals surface area contributed by atoms with Crippen molar-refractivity contribution in [1.29, 1.82) is 0 Å². The molecule has 0 heterocycles. The summed E-state index contributed by atoms with van der Waals surface area (Å²) in [6.07, 6.45) is 12.0. The van der Waals surface area contributed by atoms with Crippen LogP contribution >= 0.6 is 0 Å². The second-order valence-corrected chi connectivity index (χ2v) is 4.88. The fraction of sp³-hybridized carbons (Fsp3) is 0.733. The number of unbranched alkanes of at least 4 members (excludes halogenated alkanes) is 5. The minimum Gasteiger partial charge on any atom is -0.481 e. The van der Waals surface area contributed by atoms with Crippen LogP contribution in [0.1, 0.15) is 64.7 Å². The third-order valence-electron chi connectivity index (χ3n) is 3.07. The van der Waals surface area contributed by atoms with E-state index in [-0.39, 0.29) is 6.42 Å². The Bertz CT molecular complexity index is 284. The summed E-state index contributed by atoms with van der Waals surface area (Å²) in [5, 5.41) is 17.5. The molecule has 0 saturated heterocycles. The molecule has 0 spiro atoms. The predicted molar refractivity (Wildman–Crippen MR) is 75.1 cm³/mol. The van der Waals surface area contributed by atoms with Crippen LogP contribution in [-0.4, -0.2) is 22.2 Å². The van der Waals surface area contributed by atoms with E-state index in [9.17, 15) is 9.59 Å². The van der Waals surface area contributed by atoms with Gasteiger partial charge in [-0.15, -0.1) is 0 Å².